The third kappa shape index (κ3) is 3.44. The van der Waals surface area contributed by atoms with Gasteiger partial charge in [-0.1, -0.05) is 13.8 Å². The van der Waals surface area contributed by atoms with E-state index in [1.807, 2.05) is 0 Å². The molecule has 1 saturated carbocycles. The Labute approximate surface area is 111 Å². The Kier molecular flexibility index (Phi) is 4.64. The summed E-state index contributed by atoms with van der Waals surface area (Å²) in [6.45, 7) is 7.70. The Hall–Kier alpha value is -0.170. The summed E-state index contributed by atoms with van der Waals surface area (Å²) in [4.78, 5) is 0. The predicted octanol–water partition coefficient (Wildman–Crippen LogP) is 0.647. The Bertz CT molecular complexity index is 360. The molecule has 1 aliphatic heterocycles. The summed E-state index contributed by atoms with van der Waals surface area (Å²) >= 11 is 0. The van der Waals surface area contributed by atoms with Crippen LogP contribution in [0.3, 0.4) is 0 Å². The van der Waals surface area contributed by atoms with E-state index in [1.54, 1.807) is 8.61 Å². The maximum atomic E-state index is 12.6. The van der Waals surface area contributed by atoms with Crippen LogP contribution in [0.25, 0.3) is 0 Å². The van der Waals surface area contributed by atoms with Gasteiger partial charge in [-0.15, -0.1) is 0 Å². The van der Waals surface area contributed by atoms with Crippen LogP contribution in [0.5, 0.6) is 0 Å². The summed E-state index contributed by atoms with van der Waals surface area (Å²) in [5, 5.41) is 3.20. The van der Waals surface area contributed by atoms with Crippen LogP contribution in [0.15, 0.2) is 0 Å². The minimum Gasteiger partial charge on any atom is -0.314 e. The predicted molar refractivity (Wildman–Crippen MR) is 72.5 cm³/mol. The van der Waals surface area contributed by atoms with Gasteiger partial charge in [-0.2, -0.15) is 17.0 Å². The maximum Gasteiger partial charge on any atom is 0.282 e. The fourth-order valence-corrected chi connectivity index (χ4v) is 4.12. The topological polar surface area (TPSA) is 52.7 Å². The summed E-state index contributed by atoms with van der Waals surface area (Å²) in [5.41, 5.74) is 0. The average molecular weight is 275 g/mol. The van der Waals surface area contributed by atoms with E-state index in [2.05, 4.69) is 19.2 Å². The van der Waals surface area contributed by atoms with Crippen LogP contribution in [-0.4, -0.2) is 55.8 Å². The molecular weight excluding hydrogens is 250 g/mol. The van der Waals surface area contributed by atoms with Gasteiger partial charge in [-0.05, 0) is 25.2 Å². The van der Waals surface area contributed by atoms with Crippen molar-refractivity contribution in [1.29, 1.82) is 0 Å². The van der Waals surface area contributed by atoms with Crippen LogP contribution in [0, 0.1) is 5.92 Å². The smallest absolute Gasteiger partial charge is 0.282 e. The summed E-state index contributed by atoms with van der Waals surface area (Å²) in [6.07, 6.45) is 3.01. The van der Waals surface area contributed by atoms with Crippen molar-refractivity contribution < 1.29 is 8.42 Å². The second kappa shape index (κ2) is 5.86. The number of hydrogen-bond donors (Lipinski definition) is 1. The molecule has 1 aliphatic carbocycles. The second-order valence-corrected chi connectivity index (χ2v) is 7.56. The molecule has 0 amide bonds. The van der Waals surface area contributed by atoms with Gasteiger partial charge in [0, 0.05) is 38.8 Å². The minimum atomic E-state index is -3.23. The highest BCUT2D eigenvalue weighted by Crippen LogP contribution is 2.31. The molecule has 2 aliphatic rings. The lowest BCUT2D eigenvalue weighted by molar-refractivity contribution is 0.299. The van der Waals surface area contributed by atoms with Gasteiger partial charge >= 0.3 is 0 Å². The zero-order valence-corrected chi connectivity index (χ0v) is 12.2. The van der Waals surface area contributed by atoms with E-state index in [-0.39, 0.29) is 6.04 Å². The zero-order chi connectivity index (χ0) is 13.2. The van der Waals surface area contributed by atoms with Crippen LogP contribution < -0.4 is 5.32 Å². The third-order valence-electron chi connectivity index (χ3n) is 3.58. The number of rotatable bonds is 6. The number of nitrogens with one attached hydrogen (secondary N) is 1. The first-order valence-electron chi connectivity index (χ1n) is 6.99. The molecule has 0 aromatic carbocycles. The molecule has 2 rings (SSSR count). The Balaban J connectivity index is 2.03. The zero-order valence-electron chi connectivity index (χ0n) is 11.4. The van der Waals surface area contributed by atoms with Crippen molar-refractivity contribution >= 4 is 10.2 Å². The van der Waals surface area contributed by atoms with Gasteiger partial charge in [-0.25, -0.2) is 0 Å². The van der Waals surface area contributed by atoms with Crippen LogP contribution in [0.1, 0.15) is 33.1 Å². The first kappa shape index (κ1) is 14.2. The molecule has 0 aromatic heterocycles. The normalized spacial score (nSPS) is 22.9. The highest BCUT2D eigenvalue weighted by Gasteiger charge is 2.40. The largest absolute Gasteiger partial charge is 0.314 e. The van der Waals surface area contributed by atoms with Crippen LogP contribution in [0.2, 0.25) is 0 Å². The number of nitrogens with zero attached hydrogens (tertiary/aromatic N) is 2. The van der Waals surface area contributed by atoms with Crippen molar-refractivity contribution in [3.8, 4) is 0 Å². The molecule has 0 unspecified atom stereocenters. The fourth-order valence-electron chi connectivity index (χ4n) is 2.26. The first-order valence-corrected chi connectivity index (χ1v) is 8.39. The van der Waals surface area contributed by atoms with Gasteiger partial charge in [0.25, 0.3) is 10.2 Å². The van der Waals surface area contributed by atoms with E-state index in [4.69, 9.17) is 0 Å². The molecule has 0 spiro atoms. The maximum absolute atomic E-state index is 12.6. The lowest BCUT2D eigenvalue weighted by Crippen LogP contribution is -2.52. The molecule has 106 valence electrons. The first-order chi connectivity index (χ1) is 8.51. The molecule has 6 heteroatoms. The van der Waals surface area contributed by atoms with Crippen molar-refractivity contribution in [2.45, 2.75) is 39.2 Å². The Morgan fingerprint density at radius 2 is 1.89 bits per heavy atom. The molecule has 1 heterocycles. The molecular formula is C12H25N3O2S. The lowest BCUT2D eigenvalue weighted by atomic mass is 10.1. The van der Waals surface area contributed by atoms with Gasteiger partial charge in [0.1, 0.15) is 0 Å². The third-order valence-corrected chi connectivity index (χ3v) is 5.67. The van der Waals surface area contributed by atoms with Crippen molar-refractivity contribution in [3.05, 3.63) is 0 Å². The molecule has 0 bridgehead atoms. The minimum absolute atomic E-state index is 0.267. The van der Waals surface area contributed by atoms with Crippen molar-refractivity contribution in [2.75, 3.05) is 32.7 Å². The second-order valence-electron chi connectivity index (χ2n) is 5.68. The molecule has 18 heavy (non-hydrogen) atoms. The molecule has 0 radical (unpaired) electrons. The summed E-state index contributed by atoms with van der Waals surface area (Å²) < 4.78 is 28.6. The van der Waals surface area contributed by atoms with Crippen LogP contribution in [-0.2, 0) is 10.2 Å². The standard InChI is InChI=1S/C12H25N3O2S/c1-11(2)5-8-15(12-3-4-12)18(16,17)14-9-6-13-7-10-14/h11-13H,3-10H2,1-2H3. The summed E-state index contributed by atoms with van der Waals surface area (Å²) in [6, 6.07) is 0.267. The van der Waals surface area contributed by atoms with Crippen molar-refractivity contribution in [2.24, 2.45) is 5.92 Å². The fraction of sp³-hybridized carbons (Fsp3) is 1.00. The molecule has 0 aromatic rings. The van der Waals surface area contributed by atoms with Gasteiger partial charge in [-0.3, -0.25) is 0 Å². The van der Waals surface area contributed by atoms with Gasteiger partial charge in [0.05, 0.1) is 0 Å². The SMILES string of the molecule is CC(C)CCN(C1CC1)S(=O)(=O)N1CCNCC1. The van der Waals surface area contributed by atoms with E-state index in [0.29, 0.717) is 25.6 Å². The van der Waals surface area contributed by atoms with Crippen molar-refractivity contribution in [3.63, 3.8) is 0 Å². The van der Waals surface area contributed by atoms with Crippen molar-refractivity contribution in [1.82, 2.24) is 13.9 Å². The highest BCUT2D eigenvalue weighted by atomic mass is 32.2. The van der Waals surface area contributed by atoms with E-state index in [0.717, 1.165) is 32.4 Å². The number of hydrogen-bond acceptors (Lipinski definition) is 3. The Morgan fingerprint density at radius 3 is 2.39 bits per heavy atom. The van der Waals surface area contributed by atoms with Crippen LogP contribution in [0.4, 0.5) is 0 Å². The van der Waals surface area contributed by atoms with E-state index < -0.39 is 10.2 Å². The summed E-state index contributed by atoms with van der Waals surface area (Å²) in [5.74, 6) is 0.546. The van der Waals surface area contributed by atoms with Crippen LogP contribution >= 0.6 is 0 Å². The van der Waals surface area contributed by atoms with Gasteiger partial charge < -0.3 is 5.32 Å². The number of piperazine rings is 1. The monoisotopic (exact) mass is 275 g/mol. The average Bonchev–Trinajstić information content (AvgIpc) is 3.14. The van der Waals surface area contributed by atoms with Gasteiger partial charge in [0.2, 0.25) is 0 Å². The molecule has 2 fully saturated rings. The highest BCUT2D eigenvalue weighted by molar-refractivity contribution is 7.86. The molecule has 5 nitrogen and oxygen atoms in total. The Morgan fingerprint density at radius 1 is 1.28 bits per heavy atom. The van der Waals surface area contributed by atoms with Gasteiger partial charge in [0.15, 0.2) is 0 Å². The molecule has 1 saturated heterocycles. The van der Waals surface area contributed by atoms with E-state index in [9.17, 15) is 8.42 Å². The van der Waals surface area contributed by atoms with E-state index >= 15 is 0 Å². The molecule has 0 atom stereocenters. The lowest BCUT2D eigenvalue weighted by Gasteiger charge is -2.32. The van der Waals surface area contributed by atoms with E-state index in [1.165, 1.54) is 0 Å². The summed E-state index contributed by atoms with van der Waals surface area (Å²) in [7, 11) is -3.23. The molecule has 1 N–H and O–H groups in total. The quantitative estimate of drug-likeness (QED) is 0.774.